The Labute approximate surface area is 161 Å². The van der Waals surface area contributed by atoms with E-state index in [0.717, 1.165) is 18.5 Å². The van der Waals surface area contributed by atoms with Gasteiger partial charge in [0, 0.05) is 6.04 Å². The van der Waals surface area contributed by atoms with Crippen molar-refractivity contribution in [2.75, 3.05) is 5.75 Å². The molecule has 27 heavy (non-hydrogen) atoms. The summed E-state index contributed by atoms with van der Waals surface area (Å²) >= 11 is 1.27. The fourth-order valence-electron chi connectivity index (χ4n) is 2.57. The van der Waals surface area contributed by atoms with Gasteiger partial charge >= 0.3 is 0 Å². The van der Waals surface area contributed by atoms with E-state index in [1.165, 1.54) is 22.0 Å². The van der Waals surface area contributed by atoms with Gasteiger partial charge in [-0.1, -0.05) is 42.1 Å². The molecule has 1 atom stereocenters. The molecule has 1 heterocycles. The lowest BCUT2D eigenvalue weighted by atomic mass is 10.1. The normalized spacial score (nSPS) is 11.9. The highest BCUT2D eigenvalue weighted by molar-refractivity contribution is 7.99. The van der Waals surface area contributed by atoms with Crippen LogP contribution in [-0.4, -0.2) is 43.0 Å². The average molecular weight is 383 g/mol. The Balaban J connectivity index is 1.48. The van der Waals surface area contributed by atoms with Crippen LogP contribution in [0.3, 0.4) is 0 Å². The summed E-state index contributed by atoms with van der Waals surface area (Å²) in [6, 6.07) is 16.9. The predicted octanol–water partition coefficient (Wildman–Crippen LogP) is 2.60. The van der Waals surface area contributed by atoms with E-state index >= 15 is 0 Å². The zero-order valence-corrected chi connectivity index (χ0v) is 15.8. The van der Waals surface area contributed by atoms with Crippen molar-refractivity contribution in [1.29, 1.82) is 0 Å². The lowest BCUT2D eigenvalue weighted by Gasteiger charge is -2.13. The molecule has 0 saturated carbocycles. The highest BCUT2D eigenvalue weighted by atomic mass is 32.2. The molecule has 2 aromatic carbocycles. The third-order valence-electron chi connectivity index (χ3n) is 3.98. The number of thioether (sulfide) groups is 1. The number of nitrogens with one attached hydrogen (secondary N) is 1. The SMILES string of the molecule is CC(CCc1ccccc1)NC(=O)CSc1nnnn1-c1ccc(O)cc1. The number of rotatable bonds is 8. The molecule has 1 unspecified atom stereocenters. The minimum absolute atomic E-state index is 0.0548. The summed E-state index contributed by atoms with van der Waals surface area (Å²) < 4.78 is 1.54. The maximum atomic E-state index is 12.2. The van der Waals surface area contributed by atoms with Gasteiger partial charge in [-0.05, 0) is 60.0 Å². The van der Waals surface area contributed by atoms with Gasteiger partial charge in [-0.15, -0.1) is 5.10 Å². The van der Waals surface area contributed by atoms with Crippen LogP contribution in [0, 0.1) is 0 Å². The topological polar surface area (TPSA) is 92.9 Å². The first-order valence-electron chi connectivity index (χ1n) is 8.65. The Morgan fingerprint density at radius 3 is 2.67 bits per heavy atom. The number of nitrogens with zero attached hydrogens (tertiary/aromatic N) is 4. The van der Waals surface area contributed by atoms with Gasteiger partial charge in [0.25, 0.3) is 0 Å². The summed E-state index contributed by atoms with van der Waals surface area (Å²) in [5.74, 6) is 0.347. The quantitative estimate of drug-likeness (QED) is 0.581. The molecule has 140 valence electrons. The standard InChI is InChI=1S/C19H21N5O2S/c1-14(7-8-15-5-3-2-4-6-15)20-18(26)13-27-19-21-22-23-24(19)16-9-11-17(25)12-10-16/h2-6,9-12,14,25H,7-8,13H2,1H3,(H,20,26). The lowest BCUT2D eigenvalue weighted by Crippen LogP contribution is -2.34. The van der Waals surface area contributed by atoms with E-state index in [9.17, 15) is 9.90 Å². The van der Waals surface area contributed by atoms with Crippen LogP contribution in [0.2, 0.25) is 0 Å². The molecule has 2 N–H and O–H groups in total. The van der Waals surface area contributed by atoms with Crippen LogP contribution in [0.5, 0.6) is 5.75 Å². The number of phenols is 1. The summed E-state index contributed by atoms with van der Waals surface area (Å²) in [6.45, 7) is 2.01. The molecule has 0 spiro atoms. The predicted molar refractivity (Wildman–Crippen MR) is 104 cm³/mol. The fraction of sp³-hybridized carbons (Fsp3) is 0.263. The van der Waals surface area contributed by atoms with E-state index in [1.54, 1.807) is 24.3 Å². The number of aryl methyl sites for hydroxylation is 1. The summed E-state index contributed by atoms with van der Waals surface area (Å²) in [5, 5.41) is 24.5. The Morgan fingerprint density at radius 1 is 1.19 bits per heavy atom. The molecule has 0 aliphatic heterocycles. The minimum atomic E-state index is -0.0548. The van der Waals surface area contributed by atoms with E-state index in [4.69, 9.17) is 0 Å². The van der Waals surface area contributed by atoms with E-state index < -0.39 is 0 Å². The second-order valence-corrected chi connectivity index (χ2v) is 7.11. The van der Waals surface area contributed by atoms with Crippen molar-refractivity contribution in [2.45, 2.75) is 31.0 Å². The maximum Gasteiger partial charge on any atom is 0.230 e. The first-order chi connectivity index (χ1) is 13.1. The smallest absolute Gasteiger partial charge is 0.230 e. The molecule has 1 amide bonds. The zero-order chi connectivity index (χ0) is 19.1. The van der Waals surface area contributed by atoms with Gasteiger partial charge in [0.05, 0.1) is 11.4 Å². The van der Waals surface area contributed by atoms with Gasteiger partial charge < -0.3 is 10.4 Å². The van der Waals surface area contributed by atoms with Crippen LogP contribution in [0.4, 0.5) is 0 Å². The van der Waals surface area contributed by atoms with Crippen LogP contribution in [0.25, 0.3) is 5.69 Å². The second-order valence-electron chi connectivity index (χ2n) is 6.17. The summed E-state index contributed by atoms with van der Waals surface area (Å²) in [5.41, 5.74) is 1.98. The van der Waals surface area contributed by atoms with E-state index in [2.05, 4.69) is 33.0 Å². The van der Waals surface area contributed by atoms with Gasteiger partial charge in [-0.25, -0.2) is 0 Å². The average Bonchev–Trinajstić information content (AvgIpc) is 3.15. The molecule has 0 aliphatic carbocycles. The molecule has 1 aromatic heterocycles. The molecule has 0 saturated heterocycles. The number of aromatic nitrogens is 4. The highest BCUT2D eigenvalue weighted by Gasteiger charge is 2.13. The maximum absolute atomic E-state index is 12.2. The number of aromatic hydroxyl groups is 1. The summed E-state index contributed by atoms with van der Waals surface area (Å²) in [6.07, 6.45) is 1.81. The van der Waals surface area contributed by atoms with Gasteiger partial charge in [-0.2, -0.15) is 4.68 Å². The molecular weight excluding hydrogens is 362 g/mol. The molecule has 3 rings (SSSR count). The Hall–Kier alpha value is -2.87. The Morgan fingerprint density at radius 2 is 1.93 bits per heavy atom. The molecule has 7 nitrogen and oxygen atoms in total. The molecule has 8 heteroatoms. The number of hydrogen-bond donors (Lipinski definition) is 2. The minimum Gasteiger partial charge on any atom is -0.508 e. The number of phenolic OH excluding ortho intramolecular Hbond substituents is 1. The van der Waals surface area contributed by atoms with Crippen molar-refractivity contribution in [3.8, 4) is 11.4 Å². The Kier molecular flexibility index (Phi) is 6.43. The second kappa shape index (κ2) is 9.18. The lowest BCUT2D eigenvalue weighted by molar-refractivity contribution is -0.119. The van der Waals surface area contributed by atoms with Gasteiger partial charge in [0.15, 0.2) is 0 Å². The molecular formula is C19H21N5O2S. The van der Waals surface area contributed by atoms with Crippen LogP contribution in [0.1, 0.15) is 18.9 Å². The van der Waals surface area contributed by atoms with E-state index in [0.29, 0.717) is 5.16 Å². The van der Waals surface area contributed by atoms with Crippen LogP contribution < -0.4 is 5.32 Å². The Bertz CT molecular complexity index is 867. The van der Waals surface area contributed by atoms with E-state index in [1.807, 2.05) is 25.1 Å². The monoisotopic (exact) mass is 383 g/mol. The molecule has 0 aliphatic rings. The van der Waals surface area contributed by atoms with Crippen LogP contribution in [-0.2, 0) is 11.2 Å². The summed E-state index contributed by atoms with van der Waals surface area (Å²) in [7, 11) is 0. The third kappa shape index (κ3) is 5.55. The van der Waals surface area contributed by atoms with Crippen molar-refractivity contribution in [3.63, 3.8) is 0 Å². The molecule has 3 aromatic rings. The van der Waals surface area contributed by atoms with E-state index in [-0.39, 0.29) is 23.5 Å². The van der Waals surface area contributed by atoms with Gasteiger partial charge in [0.2, 0.25) is 11.1 Å². The van der Waals surface area contributed by atoms with Crippen molar-refractivity contribution >= 4 is 17.7 Å². The number of amides is 1. The zero-order valence-electron chi connectivity index (χ0n) is 14.9. The van der Waals surface area contributed by atoms with Crippen LogP contribution in [0.15, 0.2) is 59.8 Å². The van der Waals surface area contributed by atoms with Gasteiger partial charge in [-0.3, -0.25) is 4.79 Å². The highest BCUT2D eigenvalue weighted by Crippen LogP contribution is 2.19. The largest absolute Gasteiger partial charge is 0.508 e. The van der Waals surface area contributed by atoms with Gasteiger partial charge in [0.1, 0.15) is 5.75 Å². The van der Waals surface area contributed by atoms with Crippen molar-refractivity contribution in [3.05, 3.63) is 60.2 Å². The molecule has 0 bridgehead atoms. The number of carbonyl (C=O) groups is 1. The van der Waals surface area contributed by atoms with Crippen molar-refractivity contribution in [1.82, 2.24) is 25.5 Å². The number of tetrazole rings is 1. The third-order valence-corrected chi connectivity index (χ3v) is 4.90. The van der Waals surface area contributed by atoms with Crippen LogP contribution >= 0.6 is 11.8 Å². The fourth-order valence-corrected chi connectivity index (χ4v) is 3.27. The number of carbonyl (C=O) groups excluding carboxylic acids is 1. The van der Waals surface area contributed by atoms with Crippen molar-refractivity contribution < 1.29 is 9.90 Å². The van der Waals surface area contributed by atoms with Crippen molar-refractivity contribution in [2.24, 2.45) is 0 Å². The first kappa shape index (κ1) is 18.9. The molecule has 0 radical (unpaired) electrons. The summed E-state index contributed by atoms with van der Waals surface area (Å²) in [4.78, 5) is 12.2. The number of benzene rings is 2. The first-order valence-corrected chi connectivity index (χ1v) is 9.64. The molecule has 0 fully saturated rings. The number of hydrogen-bond acceptors (Lipinski definition) is 6.